The van der Waals surface area contributed by atoms with Crippen LogP contribution in [0.25, 0.3) is 0 Å². The van der Waals surface area contributed by atoms with Gasteiger partial charge in [-0.05, 0) is 11.5 Å². The summed E-state index contributed by atoms with van der Waals surface area (Å²) in [6, 6.07) is 3.61. The van der Waals surface area contributed by atoms with Gasteiger partial charge in [0, 0.05) is 22.5 Å². The van der Waals surface area contributed by atoms with Gasteiger partial charge in [0.25, 0.3) is 12.1 Å². The van der Waals surface area contributed by atoms with E-state index in [2.05, 4.69) is 15.9 Å². The van der Waals surface area contributed by atoms with Crippen LogP contribution in [-0.2, 0) is 0 Å². The van der Waals surface area contributed by atoms with Gasteiger partial charge in [0.2, 0.25) is 0 Å². The minimum absolute atomic E-state index is 0.0152. The number of nitro groups is 1. The quantitative estimate of drug-likeness (QED) is 0.469. The number of halogens is 3. The summed E-state index contributed by atoms with van der Waals surface area (Å²) in [6.45, 7) is 3.65. The first-order valence-electron chi connectivity index (χ1n) is 5.05. The third-order valence-electron chi connectivity index (χ3n) is 2.70. The molecule has 2 atom stereocenters. The third-order valence-corrected chi connectivity index (χ3v) is 3.49. The second-order valence-corrected chi connectivity index (χ2v) is 5.28. The highest BCUT2D eigenvalue weighted by atomic mass is 79.9. The Labute approximate surface area is 106 Å². The molecule has 2 unspecified atom stereocenters. The standard InChI is InChI=1S/C11H12BrF2NO2/c1-6(7(2)12)9-4-3-8(15(16)17)5-10(9)11(13)14/h3-7,11H,1-2H3. The zero-order valence-corrected chi connectivity index (χ0v) is 10.9. The first-order chi connectivity index (χ1) is 7.84. The number of rotatable bonds is 4. The molecule has 6 heteroatoms. The molecule has 0 heterocycles. The average Bonchev–Trinajstić information content (AvgIpc) is 2.26. The Morgan fingerprint density at radius 3 is 2.29 bits per heavy atom. The number of non-ortho nitro benzene ring substituents is 1. The van der Waals surface area contributed by atoms with Crippen molar-refractivity contribution in [3.63, 3.8) is 0 Å². The molecule has 0 bridgehead atoms. The summed E-state index contributed by atoms with van der Waals surface area (Å²) in [4.78, 5) is 9.89. The monoisotopic (exact) mass is 307 g/mol. The summed E-state index contributed by atoms with van der Waals surface area (Å²) in [5.74, 6) is -0.139. The van der Waals surface area contributed by atoms with Gasteiger partial charge in [0.05, 0.1) is 4.92 Å². The summed E-state index contributed by atoms with van der Waals surface area (Å²) in [7, 11) is 0. The van der Waals surface area contributed by atoms with E-state index in [9.17, 15) is 18.9 Å². The molecule has 17 heavy (non-hydrogen) atoms. The maximum absolute atomic E-state index is 12.9. The van der Waals surface area contributed by atoms with Crippen molar-refractivity contribution in [3.8, 4) is 0 Å². The Morgan fingerprint density at radius 2 is 1.88 bits per heavy atom. The average molecular weight is 308 g/mol. The van der Waals surface area contributed by atoms with E-state index in [4.69, 9.17) is 0 Å². The van der Waals surface area contributed by atoms with Crippen molar-refractivity contribution in [3.05, 3.63) is 39.4 Å². The van der Waals surface area contributed by atoms with Crippen molar-refractivity contribution in [2.45, 2.75) is 31.0 Å². The topological polar surface area (TPSA) is 43.1 Å². The van der Waals surface area contributed by atoms with Gasteiger partial charge in [-0.25, -0.2) is 8.78 Å². The highest BCUT2D eigenvalue weighted by molar-refractivity contribution is 9.09. The fraction of sp³-hybridized carbons (Fsp3) is 0.455. The Bertz CT molecular complexity index is 424. The van der Waals surface area contributed by atoms with E-state index in [0.717, 1.165) is 6.07 Å². The third kappa shape index (κ3) is 3.21. The lowest BCUT2D eigenvalue weighted by Gasteiger charge is -2.18. The first kappa shape index (κ1) is 14.0. The summed E-state index contributed by atoms with van der Waals surface area (Å²) in [5.41, 5.74) is -0.133. The van der Waals surface area contributed by atoms with Crippen LogP contribution in [0.1, 0.15) is 37.3 Å². The zero-order chi connectivity index (χ0) is 13.2. The number of hydrogen-bond donors (Lipinski definition) is 0. The van der Waals surface area contributed by atoms with Crippen molar-refractivity contribution in [1.82, 2.24) is 0 Å². The van der Waals surface area contributed by atoms with Crippen LogP contribution in [0.3, 0.4) is 0 Å². The molecule has 0 amide bonds. The number of nitro benzene ring substituents is 1. The van der Waals surface area contributed by atoms with E-state index in [0.29, 0.717) is 5.56 Å². The van der Waals surface area contributed by atoms with Crippen LogP contribution in [0.5, 0.6) is 0 Å². The lowest BCUT2D eigenvalue weighted by molar-refractivity contribution is -0.385. The first-order valence-corrected chi connectivity index (χ1v) is 5.96. The number of nitrogens with zero attached hydrogens (tertiary/aromatic N) is 1. The maximum Gasteiger partial charge on any atom is 0.269 e. The summed E-state index contributed by atoms with van der Waals surface area (Å²) in [5, 5.41) is 10.5. The molecule has 0 aliphatic rings. The highest BCUT2D eigenvalue weighted by Crippen LogP contribution is 2.34. The van der Waals surface area contributed by atoms with Crippen molar-refractivity contribution in [2.24, 2.45) is 0 Å². The second-order valence-electron chi connectivity index (χ2n) is 3.84. The number of alkyl halides is 3. The predicted molar refractivity (Wildman–Crippen MR) is 64.9 cm³/mol. The summed E-state index contributed by atoms with van der Waals surface area (Å²) < 4.78 is 25.7. The highest BCUT2D eigenvalue weighted by Gasteiger charge is 2.22. The van der Waals surface area contributed by atoms with Gasteiger partial charge in [0.1, 0.15) is 0 Å². The molecule has 0 saturated carbocycles. The van der Waals surface area contributed by atoms with E-state index in [1.54, 1.807) is 6.92 Å². The molecular weight excluding hydrogens is 296 g/mol. The van der Waals surface area contributed by atoms with Crippen LogP contribution in [0.2, 0.25) is 0 Å². The molecule has 94 valence electrons. The molecule has 0 N–H and O–H groups in total. The van der Waals surface area contributed by atoms with Crippen molar-refractivity contribution in [1.29, 1.82) is 0 Å². The Balaban J connectivity index is 3.27. The van der Waals surface area contributed by atoms with E-state index in [-0.39, 0.29) is 22.0 Å². The second kappa shape index (κ2) is 5.53. The number of benzene rings is 1. The molecule has 0 fully saturated rings. The summed E-state index contributed by atoms with van der Waals surface area (Å²) >= 11 is 3.33. The van der Waals surface area contributed by atoms with E-state index in [1.807, 2.05) is 6.92 Å². The molecule has 0 aliphatic carbocycles. The fourth-order valence-corrected chi connectivity index (χ4v) is 1.81. The van der Waals surface area contributed by atoms with Crippen molar-refractivity contribution >= 4 is 21.6 Å². The lowest BCUT2D eigenvalue weighted by Crippen LogP contribution is -2.08. The molecule has 0 aromatic heterocycles. The molecule has 0 saturated heterocycles. The summed E-state index contributed by atoms with van der Waals surface area (Å²) in [6.07, 6.45) is -2.71. The molecule has 1 aromatic rings. The minimum Gasteiger partial charge on any atom is -0.258 e. The van der Waals surface area contributed by atoms with Crippen LogP contribution in [0.4, 0.5) is 14.5 Å². The van der Waals surface area contributed by atoms with Gasteiger partial charge >= 0.3 is 0 Å². The van der Waals surface area contributed by atoms with Gasteiger partial charge in [-0.1, -0.05) is 35.8 Å². The zero-order valence-electron chi connectivity index (χ0n) is 9.36. The molecule has 0 aliphatic heterocycles. The van der Waals surface area contributed by atoms with Crippen molar-refractivity contribution in [2.75, 3.05) is 0 Å². The van der Waals surface area contributed by atoms with Crippen LogP contribution in [0.15, 0.2) is 18.2 Å². The fourth-order valence-electron chi connectivity index (χ4n) is 1.53. The number of hydrogen-bond acceptors (Lipinski definition) is 2. The van der Waals surface area contributed by atoms with E-state index in [1.165, 1.54) is 12.1 Å². The van der Waals surface area contributed by atoms with E-state index < -0.39 is 11.3 Å². The molecule has 0 radical (unpaired) electrons. The van der Waals surface area contributed by atoms with Gasteiger partial charge < -0.3 is 0 Å². The molecule has 1 rings (SSSR count). The molecular formula is C11H12BrF2NO2. The Hall–Kier alpha value is -1.04. The Kier molecular flexibility index (Phi) is 4.56. The van der Waals surface area contributed by atoms with Crippen LogP contribution in [0, 0.1) is 10.1 Å². The van der Waals surface area contributed by atoms with Crippen LogP contribution >= 0.6 is 15.9 Å². The normalized spacial score (nSPS) is 14.7. The van der Waals surface area contributed by atoms with Crippen LogP contribution < -0.4 is 0 Å². The molecule has 1 aromatic carbocycles. The van der Waals surface area contributed by atoms with Gasteiger partial charge in [-0.2, -0.15) is 0 Å². The van der Waals surface area contributed by atoms with Crippen LogP contribution in [-0.4, -0.2) is 9.75 Å². The maximum atomic E-state index is 12.9. The largest absolute Gasteiger partial charge is 0.269 e. The minimum atomic E-state index is -2.71. The van der Waals surface area contributed by atoms with E-state index >= 15 is 0 Å². The predicted octanol–water partition coefficient (Wildman–Crippen LogP) is 4.42. The Morgan fingerprint density at radius 1 is 1.29 bits per heavy atom. The SMILES string of the molecule is CC(Br)C(C)c1ccc([N+](=O)[O-])cc1C(F)F. The lowest BCUT2D eigenvalue weighted by atomic mass is 9.93. The molecule has 3 nitrogen and oxygen atoms in total. The van der Waals surface area contributed by atoms with Gasteiger partial charge in [-0.3, -0.25) is 10.1 Å². The van der Waals surface area contributed by atoms with Gasteiger partial charge in [-0.15, -0.1) is 0 Å². The van der Waals surface area contributed by atoms with Gasteiger partial charge in [0.15, 0.2) is 0 Å². The van der Waals surface area contributed by atoms with Crippen molar-refractivity contribution < 1.29 is 13.7 Å². The molecule has 0 spiro atoms. The smallest absolute Gasteiger partial charge is 0.258 e.